The number of hydrogen-bond donors (Lipinski definition) is 1. The van der Waals surface area contributed by atoms with E-state index in [1.165, 1.54) is 5.56 Å². The monoisotopic (exact) mass is 291 g/mol. The van der Waals surface area contributed by atoms with Crippen LogP contribution in [0.5, 0.6) is 0 Å². The molecule has 0 fully saturated rings. The van der Waals surface area contributed by atoms with Crippen LogP contribution in [0.1, 0.15) is 37.8 Å². The summed E-state index contributed by atoms with van der Waals surface area (Å²) in [5, 5.41) is 2.76. The third-order valence-electron chi connectivity index (χ3n) is 3.44. The van der Waals surface area contributed by atoms with Gasteiger partial charge in [-0.05, 0) is 25.3 Å². The number of esters is 1. The lowest BCUT2D eigenvalue weighted by Gasteiger charge is -2.10. The van der Waals surface area contributed by atoms with E-state index >= 15 is 0 Å². The van der Waals surface area contributed by atoms with Crippen LogP contribution < -0.4 is 5.32 Å². The molecule has 1 N–H and O–H groups in total. The molecule has 0 saturated heterocycles. The fourth-order valence-electron chi connectivity index (χ4n) is 1.75. The van der Waals surface area contributed by atoms with Crippen molar-refractivity contribution < 1.29 is 14.3 Å². The quantitative estimate of drug-likeness (QED) is 0.592. The third-order valence-corrected chi connectivity index (χ3v) is 3.44. The second-order valence-corrected chi connectivity index (χ2v) is 5.31. The van der Waals surface area contributed by atoms with Crippen molar-refractivity contribution >= 4 is 11.9 Å². The molecule has 1 atom stereocenters. The van der Waals surface area contributed by atoms with E-state index in [9.17, 15) is 9.59 Å². The molecule has 0 bridgehead atoms. The highest BCUT2D eigenvalue weighted by molar-refractivity contribution is 5.76. The maximum Gasteiger partial charge on any atom is 0.308 e. The van der Waals surface area contributed by atoms with Gasteiger partial charge in [0.25, 0.3) is 0 Å². The van der Waals surface area contributed by atoms with Crippen LogP contribution in [0.3, 0.4) is 0 Å². The molecule has 0 spiro atoms. The summed E-state index contributed by atoms with van der Waals surface area (Å²) in [5.74, 6) is -0.302. The van der Waals surface area contributed by atoms with E-state index in [2.05, 4.69) is 5.32 Å². The van der Waals surface area contributed by atoms with Gasteiger partial charge in [0.2, 0.25) is 5.91 Å². The van der Waals surface area contributed by atoms with Gasteiger partial charge in [0.1, 0.15) is 6.61 Å². The Labute approximate surface area is 126 Å². The molecule has 1 aromatic rings. The van der Waals surface area contributed by atoms with E-state index in [1.54, 1.807) is 0 Å². The molecule has 4 nitrogen and oxygen atoms in total. The van der Waals surface area contributed by atoms with Gasteiger partial charge in [-0.25, -0.2) is 0 Å². The topological polar surface area (TPSA) is 55.4 Å². The van der Waals surface area contributed by atoms with Gasteiger partial charge >= 0.3 is 5.97 Å². The summed E-state index contributed by atoms with van der Waals surface area (Å²) in [6.07, 6.45) is 1.93. The molecule has 4 heteroatoms. The largest absolute Gasteiger partial charge is 0.464 e. The minimum atomic E-state index is -0.202. The molecule has 0 aliphatic rings. The highest BCUT2D eigenvalue weighted by atomic mass is 16.5. The molecule has 0 aliphatic carbocycles. The lowest BCUT2D eigenvalue weighted by Crippen LogP contribution is -2.29. The molecule has 0 saturated carbocycles. The van der Waals surface area contributed by atoms with Gasteiger partial charge in [-0.1, -0.05) is 43.7 Å². The fraction of sp³-hybridized carbons (Fsp3) is 0.529. The predicted octanol–water partition coefficient (Wildman–Crippen LogP) is 2.63. The van der Waals surface area contributed by atoms with Crippen molar-refractivity contribution in [3.63, 3.8) is 0 Å². The van der Waals surface area contributed by atoms with Crippen LogP contribution in [0.15, 0.2) is 24.3 Å². The van der Waals surface area contributed by atoms with E-state index in [0.717, 1.165) is 18.4 Å². The maximum absolute atomic E-state index is 11.7. The summed E-state index contributed by atoms with van der Waals surface area (Å²) < 4.78 is 5.07. The zero-order valence-electron chi connectivity index (χ0n) is 13.1. The lowest BCUT2D eigenvalue weighted by atomic mass is 10.1. The molecule has 0 heterocycles. The summed E-state index contributed by atoms with van der Waals surface area (Å²) in [4.78, 5) is 23.1. The predicted molar refractivity (Wildman–Crippen MR) is 82.9 cm³/mol. The lowest BCUT2D eigenvalue weighted by molar-refractivity contribution is -0.148. The van der Waals surface area contributed by atoms with Gasteiger partial charge < -0.3 is 10.1 Å². The van der Waals surface area contributed by atoms with Crippen LogP contribution in [-0.4, -0.2) is 25.0 Å². The second-order valence-electron chi connectivity index (χ2n) is 5.31. The smallest absolute Gasteiger partial charge is 0.308 e. The molecule has 21 heavy (non-hydrogen) atoms. The number of nitrogens with one attached hydrogen (secondary N) is 1. The summed E-state index contributed by atoms with van der Waals surface area (Å²) in [6, 6.07) is 8.16. The number of carbonyl (C=O) groups is 2. The Bertz CT molecular complexity index is 454. The Morgan fingerprint density at radius 2 is 1.90 bits per heavy atom. The Morgan fingerprint density at radius 3 is 2.52 bits per heavy atom. The normalized spacial score (nSPS) is 11.8. The van der Waals surface area contributed by atoms with E-state index in [4.69, 9.17) is 4.74 Å². The maximum atomic E-state index is 11.7. The molecule has 1 amide bonds. The van der Waals surface area contributed by atoms with Crippen LogP contribution in [-0.2, 0) is 20.7 Å². The Morgan fingerprint density at radius 1 is 1.24 bits per heavy atom. The van der Waals surface area contributed by atoms with Gasteiger partial charge in [-0.15, -0.1) is 0 Å². The van der Waals surface area contributed by atoms with Gasteiger partial charge in [0.15, 0.2) is 0 Å². The average Bonchev–Trinajstić information content (AvgIpc) is 2.49. The van der Waals surface area contributed by atoms with Crippen molar-refractivity contribution in [3.8, 4) is 0 Å². The van der Waals surface area contributed by atoms with Crippen molar-refractivity contribution in [2.75, 3.05) is 13.2 Å². The van der Waals surface area contributed by atoms with Gasteiger partial charge in [-0.3, -0.25) is 9.59 Å². The highest BCUT2D eigenvalue weighted by Gasteiger charge is 2.11. The minimum Gasteiger partial charge on any atom is -0.464 e. The first-order chi connectivity index (χ1) is 10.0. The van der Waals surface area contributed by atoms with E-state index in [-0.39, 0.29) is 24.4 Å². The zero-order valence-corrected chi connectivity index (χ0v) is 13.1. The average molecular weight is 291 g/mol. The molecular formula is C17H25NO3. The summed E-state index contributed by atoms with van der Waals surface area (Å²) in [7, 11) is 0. The number of rotatable bonds is 8. The van der Waals surface area contributed by atoms with Crippen LogP contribution >= 0.6 is 0 Å². The third kappa shape index (κ3) is 6.93. The standard InChI is InChI=1S/C17H25NO3/c1-4-14(3)17(20)21-12-11-18-16(19)10-9-15-7-5-13(2)6-8-15/h5-8,14H,4,9-12H2,1-3H3,(H,18,19). The van der Waals surface area contributed by atoms with Crippen LogP contribution in [0, 0.1) is 12.8 Å². The highest BCUT2D eigenvalue weighted by Crippen LogP contribution is 2.05. The van der Waals surface area contributed by atoms with Gasteiger partial charge in [-0.2, -0.15) is 0 Å². The minimum absolute atomic E-state index is 0.0184. The Kier molecular flexibility index (Phi) is 7.51. The number of benzene rings is 1. The number of amides is 1. The van der Waals surface area contributed by atoms with E-state index < -0.39 is 0 Å². The summed E-state index contributed by atoms with van der Waals surface area (Å²) in [5.41, 5.74) is 2.37. The van der Waals surface area contributed by atoms with Crippen molar-refractivity contribution in [1.82, 2.24) is 5.32 Å². The van der Waals surface area contributed by atoms with Crippen LogP contribution in [0.4, 0.5) is 0 Å². The van der Waals surface area contributed by atoms with Crippen LogP contribution in [0.2, 0.25) is 0 Å². The molecule has 1 rings (SSSR count). The van der Waals surface area contributed by atoms with E-state index in [1.807, 2.05) is 45.0 Å². The van der Waals surface area contributed by atoms with E-state index in [0.29, 0.717) is 13.0 Å². The van der Waals surface area contributed by atoms with Gasteiger partial charge in [0, 0.05) is 6.42 Å². The van der Waals surface area contributed by atoms with Crippen LogP contribution in [0.25, 0.3) is 0 Å². The molecule has 1 unspecified atom stereocenters. The Hall–Kier alpha value is -1.84. The molecule has 0 aromatic heterocycles. The molecule has 116 valence electrons. The number of ether oxygens (including phenoxy) is 1. The first-order valence-corrected chi connectivity index (χ1v) is 7.51. The van der Waals surface area contributed by atoms with Crippen molar-refractivity contribution in [1.29, 1.82) is 0 Å². The van der Waals surface area contributed by atoms with Crippen molar-refractivity contribution in [2.45, 2.75) is 40.0 Å². The van der Waals surface area contributed by atoms with Gasteiger partial charge in [0.05, 0.1) is 12.5 Å². The van der Waals surface area contributed by atoms with Crippen molar-refractivity contribution in [2.24, 2.45) is 5.92 Å². The molecule has 1 aromatic carbocycles. The molecule has 0 aliphatic heterocycles. The SMILES string of the molecule is CCC(C)C(=O)OCCNC(=O)CCc1ccc(C)cc1. The summed E-state index contributed by atoms with van der Waals surface area (Å²) >= 11 is 0. The molecule has 0 radical (unpaired) electrons. The molecular weight excluding hydrogens is 266 g/mol. The Balaban J connectivity index is 2.14. The second kappa shape index (κ2) is 9.16. The first-order valence-electron chi connectivity index (χ1n) is 7.51. The fourth-order valence-corrected chi connectivity index (χ4v) is 1.75. The number of carbonyl (C=O) groups excluding carboxylic acids is 2. The summed E-state index contributed by atoms with van der Waals surface area (Å²) in [6.45, 7) is 6.42. The van der Waals surface area contributed by atoms with Crippen molar-refractivity contribution in [3.05, 3.63) is 35.4 Å². The zero-order chi connectivity index (χ0) is 15.7. The first kappa shape index (κ1) is 17.2. The number of hydrogen-bond acceptors (Lipinski definition) is 3. The number of aryl methyl sites for hydroxylation is 2.